The Hall–Kier alpha value is -1.96. The van der Waals surface area contributed by atoms with Gasteiger partial charge < -0.3 is 20.1 Å². The van der Waals surface area contributed by atoms with Crippen LogP contribution in [0.3, 0.4) is 0 Å². The van der Waals surface area contributed by atoms with Crippen LogP contribution in [0.1, 0.15) is 16.9 Å². The smallest absolute Gasteiger partial charge is 0.326 e. The van der Waals surface area contributed by atoms with Gasteiger partial charge in [-0.05, 0) is 18.4 Å². The Kier molecular flexibility index (Phi) is 6.10. The molecule has 0 spiro atoms. The summed E-state index contributed by atoms with van der Waals surface area (Å²) < 4.78 is 4.78. The summed E-state index contributed by atoms with van der Waals surface area (Å²) in [5.41, 5.74) is -0.460. The largest absolute Gasteiger partial charge is 0.491 e. The summed E-state index contributed by atoms with van der Waals surface area (Å²) in [6.07, 6.45) is 3.42. The van der Waals surface area contributed by atoms with E-state index < -0.39 is 23.3 Å². The van der Waals surface area contributed by atoms with Crippen molar-refractivity contribution in [1.29, 1.82) is 0 Å². The molecule has 1 heterocycles. The summed E-state index contributed by atoms with van der Waals surface area (Å²) in [6, 6.07) is 0.0855. The van der Waals surface area contributed by atoms with E-state index in [0.717, 1.165) is 6.07 Å². The zero-order chi connectivity index (χ0) is 15.1. The number of rotatable bonds is 7. The van der Waals surface area contributed by atoms with Crippen molar-refractivity contribution < 1.29 is 19.4 Å². The molecular weight excluding hydrogens is 284 g/mol. The van der Waals surface area contributed by atoms with Gasteiger partial charge in [-0.25, -0.2) is 4.79 Å². The second-order valence-corrected chi connectivity index (χ2v) is 4.91. The molecule has 0 saturated carbocycles. The summed E-state index contributed by atoms with van der Waals surface area (Å²) in [5, 5.41) is 11.4. The Morgan fingerprint density at radius 1 is 1.55 bits per heavy atom. The second kappa shape index (κ2) is 7.59. The fourth-order valence-corrected chi connectivity index (χ4v) is 1.95. The number of amides is 1. The van der Waals surface area contributed by atoms with Gasteiger partial charge in [-0.1, -0.05) is 0 Å². The van der Waals surface area contributed by atoms with E-state index in [0.29, 0.717) is 12.2 Å². The lowest BCUT2D eigenvalue weighted by Crippen LogP contribution is -2.41. The van der Waals surface area contributed by atoms with Crippen LogP contribution in [0.15, 0.2) is 17.1 Å². The molecular formula is C12H16N2O5S. The maximum absolute atomic E-state index is 11.9. The molecule has 110 valence electrons. The lowest BCUT2D eigenvalue weighted by Gasteiger charge is -2.13. The average molecular weight is 300 g/mol. The molecule has 7 nitrogen and oxygen atoms in total. The number of hydrogen-bond acceptors (Lipinski definition) is 5. The highest BCUT2D eigenvalue weighted by Gasteiger charge is 2.20. The van der Waals surface area contributed by atoms with Crippen molar-refractivity contribution in [2.45, 2.75) is 12.5 Å². The number of aromatic amines is 1. The molecule has 1 amide bonds. The number of thioether (sulfide) groups is 1. The minimum Gasteiger partial charge on any atom is -0.491 e. The van der Waals surface area contributed by atoms with Crippen molar-refractivity contribution in [3.63, 3.8) is 0 Å². The number of carbonyl (C=O) groups excluding carboxylic acids is 1. The molecule has 1 rings (SSSR count). The predicted molar refractivity (Wildman–Crippen MR) is 75.5 cm³/mol. The summed E-state index contributed by atoms with van der Waals surface area (Å²) >= 11 is 1.49. The number of H-pyrrole nitrogens is 1. The Morgan fingerprint density at radius 2 is 2.25 bits per heavy atom. The third kappa shape index (κ3) is 4.30. The zero-order valence-corrected chi connectivity index (χ0v) is 12.0. The molecule has 1 aromatic heterocycles. The normalized spacial score (nSPS) is 11.7. The monoisotopic (exact) mass is 300 g/mol. The summed E-state index contributed by atoms with van der Waals surface area (Å²) in [4.78, 5) is 37.0. The van der Waals surface area contributed by atoms with Crippen LogP contribution in [0.25, 0.3) is 0 Å². The van der Waals surface area contributed by atoms with E-state index in [2.05, 4.69) is 10.3 Å². The molecule has 1 aromatic rings. The number of carboxylic acid groups (broad SMARTS) is 1. The summed E-state index contributed by atoms with van der Waals surface area (Å²) in [5.74, 6) is -1.06. The van der Waals surface area contributed by atoms with Crippen molar-refractivity contribution >= 4 is 23.6 Å². The molecule has 0 aliphatic carbocycles. The minimum atomic E-state index is -1.11. The number of aromatic nitrogens is 1. The van der Waals surface area contributed by atoms with Crippen LogP contribution < -0.4 is 15.5 Å². The number of ether oxygens (including phenoxy) is 1. The Labute approximate surface area is 119 Å². The molecule has 8 heteroatoms. The number of carbonyl (C=O) groups is 2. The van der Waals surface area contributed by atoms with Gasteiger partial charge in [0.2, 0.25) is 5.43 Å². The zero-order valence-electron chi connectivity index (χ0n) is 11.1. The van der Waals surface area contributed by atoms with Gasteiger partial charge >= 0.3 is 5.97 Å². The molecule has 0 radical (unpaired) electrons. The molecule has 0 aromatic carbocycles. The molecule has 0 aliphatic rings. The molecule has 0 aliphatic heterocycles. The highest BCUT2D eigenvalue weighted by atomic mass is 32.2. The van der Waals surface area contributed by atoms with Crippen molar-refractivity contribution in [2.75, 3.05) is 19.1 Å². The fourth-order valence-electron chi connectivity index (χ4n) is 1.48. The molecule has 1 atom stereocenters. The van der Waals surface area contributed by atoms with Crippen LogP contribution in [0.2, 0.25) is 0 Å². The van der Waals surface area contributed by atoms with Crippen LogP contribution in [-0.4, -0.2) is 47.1 Å². The Morgan fingerprint density at radius 3 is 2.75 bits per heavy atom. The summed E-state index contributed by atoms with van der Waals surface area (Å²) in [6.45, 7) is 0. The number of pyridine rings is 1. The van der Waals surface area contributed by atoms with Gasteiger partial charge in [-0.3, -0.25) is 9.59 Å². The first-order valence-corrected chi connectivity index (χ1v) is 7.18. The minimum absolute atomic E-state index is 0.00815. The second-order valence-electron chi connectivity index (χ2n) is 3.93. The lowest BCUT2D eigenvalue weighted by atomic mass is 10.2. The lowest BCUT2D eigenvalue weighted by molar-refractivity contribution is -0.139. The first-order chi connectivity index (χ1) is 9.49. The molecule has 0 fully saturated rings. The number of methoxy groups -OCH3 is 1. The summed E-state index contributed by atoms with van der Waals surface area (Å²) in [7, 11) is 1.34. The highest BCUT2D eigenvalue weighted by molar-refractivity contribution is 7.98. The SMILES string of the molecule is COc1c[nH]c(C(=O)N[C@H](CCSC)C(=O)O)cc1=O. The van der Waals surface area contributed by atoms with Gasteiger partial charge in [0.25, 0.3) is 5.91 Å². The standard InChI is InChI=1S/C12H16N2O5S/c1-19-10-6-13-8(5-9(10)15)11(16)14-7(12(17)18)3-4-20-2/h5-7H,3-4H2,1-2H3,(H,13,15)(H,14,16)(H,17,18)/t7-/m1/s1. The molecule has 0 saturated heterocycles. The third-order valence-electron chi connectivity index (χ3n) is 2.56. The van der Waals surface area contributed by atoms with E-state index in [-0.39, 0.29) is 11.4 Å². The fraction of sp³-hybridized carbons (Fsp3) is 0.417. The van der Waals surface area contributed by atoms with Crippen molar-refractivity contribution in [3.05, 3.63) is 28.2 Å². The van der Waals surface area contributed by atoms with E-state index in [1.807, 2.05) is 6.26 Å². The maximum atomic E-state index is 11.9. The predicted octanol–water partition coefficient (Wildman–Crippen LogP) is 0.320. The van der Waals surface area contributed by atoms with Gasteiger partial charge in [0, 0.05) is 12.3 Å². The van der Waals surface area contributed by atoms with Crippen LogP contribution in [0.5, 0.6) is 5.75 Å². The topological polar surface area (TPSA) is 108 Å². The maximum Gasteiger partial charge on any atom is 0.326 e. The van der Waals surface area contributed by atoms with E-state index in [4.69, 9.17) is 9.84 Å². The first-order valence-electron chi connectivity index (χ1n) is 5.79. The van der Waals surface area contributed by atoms with E-state index in [9.17, 15) is 14.4 Å². The Balaban J connectivity index is 2.81. The van der Waals surface area contributed by atoms with Crippen LogP contribution in [0.4, 0.5) is 0 Å². The molecule has 20 heavy (non-hydrogen) atoms. The van der Waals surface area contributed by atoms with Crippen molar-refractivity contribution in [3.8, 4) is 5.75 Å². The number of carboxylic acids is 1. The van der Waals surface area contributed by atoms with Crippen LogP contribution in [-0.2, 0) is 4.79 Å². The van der Waals surface area contributed by atoms with Crippen LogP contribution in [0, 0.1) is 0 Å². The third-order valence-corrected chi connectivity index (χ3v) is 3.20. The highest BCUT2D eigenvalue weighted by Crippen LogP contribution is 2.04. The number of aliphatic carboxylic acids is 1. The van der Waals surface area contributed by atoms with Gasteiger partial charge in [-0.2, -0.15) is 11.8 Å². The van der Waals surface area contributed by atoms with E-state index in [1.165, 1.54) is 25.1 Å². The number of nitrogens with one attached hydrogen (secondary N) is 2. The van der Waals surface area contributed by atoms with E-state index in [1.54, 1.807) is 0 Å². The van der Waals surface area contributed by atoms with Gasteiger partial charge in [0.15, 0.2) is 5.75 Å². The Bertz CT molecular complexity index is 543. The average Bonchev–Trinajstić information content (AvgIpc) is 2.42. The van der Waals surface area contributed by atoms with Crippen molar-refractivity contribution in [2.24, 2.45) is 0 Å². The molecule has 0 unspecified atom stereocenters. The molecule has 3 N–H and O–H groups in total. The number of hydrogen-bond donors (Lipinski definition) is 3. The molecule has 0 bridgehead atoms. The quantitative estimate of drug-likeness (QED) is 0.669. The van der Waals surface area contributed by atoms with E-state index >= 15 is 0 Å². The van der Waals surface area contributed by atoms with Gasteiger partial charge in [-0.15, -0.1) is 0 Å². The van der Waals surface area contributed by atoms with Crippen molar-refractivity contribution in [1.82, 2.24) is 10.3 Å². The van der Waals surface area contributed by atoms with Gasteiger partial charge in [0.05, 0.1) is 7.11 Å². The first kappa shape index (κ1) is 16.1. The van der Waals surface area contributed by atoms with Crippen LogP contribution >= 0.6 is 11.8 Å². The van der Waals surface area contributed by atoms with Gasteiger partial charge in [0.1, 0.15) is 11.7 Å².